The smallest absolute Gasteiger partial charge is 0.303 e. The zero-order chi connectivity index (χ0) is 25.3. The first-order valence-electron chi connectivity index (χ1n) is 12.0. The van der Waals surface area contributed by atoms with E-state index in [2.05, 4.69) is 4.98 Å². The third-order valence-corrected chi connectivity index (χ3v) is 8.04. The summed E-state index contributed by atoms with van der Waals surface area (Å²) in [4.78, 5) is 46.0. The molecular formula is C27H28N4O4S. The summed E-state index contributed by atoms with van der Waals surface area (Å²) in [5.41, 5.74) is 1.72. The van der Waals surface area contributed by atoms with Gasteiger partial charge >= 0.3 is 5.97 Å². The minimum atomic E-state index is -0.941. The average Bonchev–Trinajstić information content (AvgIpc) is 3.48. The minimum Gasteiger partial charge on any atom is -0.481 e. The number of hydrogen-bond donors (Lipinski definition) is 1. The zero-order valence-corrected chi connectivity index (χ0v) is 20.9. The number of carbonyl (C=O) groups excluding carboxylic acids is 2. The lowest BCUT2D eigenvalue weighted by molar-refractivity contribution is -0.164. The van der Waals surface area contributed by atoms with E-state index in [1.807, 2.05) is 65.5 Å². The van der Waals surface area contributed by atoms with Gasteiger partial charge in [0.2, 0.25) is 11.8 Å². The molecule has 5 rings (SSSR count). The van der Waals surface area contributed by atoms with Crippen LogP contribution in [0.15, 0.2) is 60.4 Å². The Hall–Kier alpha value is -3.72. The van der Waals surface area contributed by atoms with E-state index in [1.165, 1.54) is 0 Å². The number of pyridine rings is 1. The second-order valence-electron chi connectivity index (χ2n) is 9.45. The van der Waals surface area contributed by atoms with Crippen molar-refractivity contribution in [2.45, 2.75) is 44.7 Å². The van der Waals surface area contributed by atoms with Gasteiger partial charge in [-0.3, -0.25) is 14.4 Å². The maximum absolute atomic E-state index is 13.8. The first-order valence-corrected chi connectivity index (χ1v) is 12.9. The van der Waals surface area contributed by atoms with Crippen molar-refractivity contribution in [3.05, 3.63) is 71.5 Å². The van der Waals surface area contributed by atoms with Gasteiger partial charge in [0.25, 0.3) is 0 Å². The summed E-state index contributed by atoms with van der Waals surface area (Å²) in [5.74, 6) is -1.10. The normalized spacial score (nSPS) is 17.3. The Labute approximate surface area is 212 Å². The highest BCUT2D eigenvalue weighted by molar-refractivity contribution is 7.17. The van der Waals surface area contributed by atoms with Crippen LogP contribution in [0.3, 0.4) is 0 Å². The van der Waals surface area contributed by atoms with Gasteiger partial charge in [-0.15, -0.1) is 11.3 Å². The maximum atomic E-state index is 13.8. The van der Waals surface area contributed by atoms with Gasteiger partial charge in [-0.1, -0.05) is 18.2 Å². The van der Waals surface area contributed by atoms with Gasteiger partial charge in [-0.2, -0.15) is 0 Å². The van der Waals surface area contributed by atoms with Crippen molar-refractivity contribution in [1.82, 2.24) is 19.2 Å². The Morgan fingerprint density at radius 3 is 2.81 bits per heavy atom. The molecule has 1 aromatic carbocycles. The Balaban J connectivity index is 1.34. The fourth-order valence-corrected chi connectivity index (χ4v) is 5.86. The molecular weight excluding hydrogens is 476 g/mol. The van der Waals surface area contributed by atoms with Crippen molar-refractivity contribution >= 4 is 44.9 Å². The third kappa shape index (κ3) is 4.58. The predicted molar refractivity (Wildman–Crippen MR) is 138 cm³/mol. The lowest BCUT2D eigenvalue weighted by atomic mass is 9.84. The summed E-state index contributed by atoms with van der Waals surface area (Å²) in [6.07, 6.45) is 6.61. The Morgan fingerprint density at radius 1 is 1.19 bits per heavy atom. The van der Waals surface area contributed by atoms with E-state index >= 15 is 0 Å². The van der Waals surface area contributed by atoms with Crippen LogP contribution in [0.5, 0.6) is 0 Å². The molecule has 1 N–H and O–H groups in total. The van der Waals surface area contributed by atoms with Crippen LogP contribution in [0.2, 0.25) is 0 Å². The highest BCUT2D eigenvalue weighted by Gasteiger charge is 2.50. The van der Waals surface area contributed by atoms with E-state index in [4.69, 9.17) is 5.11 Å². The average molecular weight is 505 g/mol. The molecule has 9 heteroatoms. The van der Waals surface area contributed by atoms with Gasteiger partial charge < -0.3 is 19.3 Å². The van der Waals surface area contributed by atoms with Gasteiger partial charge in [0.1, 0.15) is 11.2 Å². The summed E-state index contributed by atoms with van der Waals surface area (Å²) >= 11 is 1.62. The number of imidazole rings is 1. The number of benzene rings is 1. The van der Waals surface area contributed by atoms with Crippen LogP contribution in [-0.2, 0) is 27.3 Å². The molecule has 1 unspecified atom stereocenters. The number of aromatic nitrogens is 2. The summed E-state index contributed by atoms with van der Waals surface area (Å²) < 4.78 is 3.03. The number of aliphatic carboxylic acids is 1. The van der Waals surface area contributed by atoms with Crippen LogP contribution in [-0.4, -0.2) is 60.7 Å². The fraction of sp³-hybridized carbons (Fsp3) is 0.333. The predicted octanol–water partition coefficient (Wildman–Crippen LogP) is 3.98. The van der Waals surface area contributed by atoms with Crippen molar-refractivity contribution in [2.75, 3.05) is 13.1 Å². The monoisotopic (exact) mass is 504 g/mol. The van der Waals surface area contributed by atoms with E-state index in [1.54, 1.807) is 27.3 Å². The van der Waals surface area contributed by atoms with Gasteiger partial charge in [-0.05, 0) is 59.9 Å². The summed E-state index contributed by atoms with van der Waals surface area (Å²) in [5, 5.41) is 12.2. The molecule has 1 atom stereocenters. The number of likely N-dealkylation sites (tertiary alicyclic amines) is 1. The largest absolute Gasteiger partial charge is 0.481 e. The van der Waals surface area contributed by atoms with Gasteiger partial charge in [-0.25, -0.2) is 4.98 Å². The number of nitrogens with zero attached hydrogens (tertiary/aromatic N) is 4. The molecule has 0 spiro atoms. The molecule has 4 aromatic rings. The van der Waals surface area contributed by atoms with E-state index in [-0.39, 0.29) is 24.7 Å². The van der Waals surface area contributed by atoms with E-state index in [0.29, 0.717) is 32.5 Å². The van der Waals surface area contributed by atoms with Crippen molar-refractivity contribution in [3.63, 3.8) is 0 Å². The van der Waals surface area contributed by atoms with Gasteiger partial charge in [0, 0.05) is 49.3 Å². The first kappa shape index (κ1) is 24.0. The molecule has 1 aliphatic rings. The van der Waals surface area contributed by atoms with Crippen LogP contribution < -0.4 is 0 Å². The first-order chi connectivity index (χ1) is 17.3. The number of fused-ring (bicyclic) bond motifs is 2. The second-order valence-corrected chi connectivity index (χ2v) is 10.4. The molecule has 0 saturated carbocycles. The number of amides is 2. The topological polar surface area (TPSA) is 95.2 Å². The van der Waals surface area contributed by atoms with Crippen molar-refractivity contribution in [2.24, 2.45) is 0 Å². The highest BCUT2D eigenvalue weighted by atomic mass is 32.1. The molecule has 186 valence electrons. The van der Waals surface area contributed by atoms with Gasteiger partial charge in [0.15, 0.2) is 0 Å². The van der Waals surface area contributed by atoms with Crippen molar-refractivity contribution < 1.29 is 19.5 Å². The van der Waals surface area contributed by atoms with Crippen LogP contribution in [0.1, 0.15) is 37.3 Å². The SMILES string of the molecule is CC1(C(=O)N(CCCC(=O)O)Cc2ccn3ccnc3c2)CCN1C(=O)Cc1csc2ccccc12. The zero-order valence-electron chi connectivity index (χ0n) is 20.1. The lowest BCUT2D eigenvalue weighted by Gasteiger charge is -2.51. The van der Waals surface area contributed by atoms with E-state index in [0.717, 1.165) is 26.9 Å². The summed E-state index contributed by atoms with van der Waals surface area (Å²) in [7, 11) is 0. The van der Waals surface area contributed by atoms with E-state index in [9.17, 15) is 14.4 Å². The Morgan fingerprint density at radius 2 is 2.03 bits per heavy atom. The Kier molecular flexibility index (Phi) is 6.49. The minimum absolute atomic E-state index is 0.0202. The molecule has 1 aliphatic heterocycles. The molecule has 4 heterocycles. The van der Waals surface area contributed by atoms with Crippen LogP contribution in [0.4, 0.5) is 0 Å². The van der Waals surface area contributed by atoms with Gasteiger partial charge in [0.05, 0.1) is 6.42 Å². The molecule has 1 saturated heterocycles. The van der Waals surface area contributed by atoms with Crippen LogP contribution in [0, 0.1) is 0 Å². The summed E-state index contributed by atoms with van der Waals surface area (Å²) in [6, 6.07) is 11.9. The quantitative estimate of drug-likeness (QED) is 0.372. The fourth-order valence-electron chi connectivity index (χ4n) is 4.89. The molecule has 2 amide bonds. The molecule has 0 radical (unpaired) electrons. The van der Waals surface area contributed by atoms with E-state index < -0.39 is 11.5 Å². The van der Waals surface area contributed by atoms with Crippen molar-refractivity contribution in [3.8, 4) is 0 Å². The molecule has 1 fully saturated rings. The highest BCUT2D eigenvalue weighted by Crippen LogP contribution is 2.35. The number of thiophene rings is 1. The van der Waals surface area contributed by atoms with Crippen LogP contribution >= 0.6 is 11.3 Å². The van der Waals surface area contributed by atoms with Crippen LogP contribution in [0.25, 0.3) is 15.7 Å². The number of carbonyl (C=O) groups is 3. The molecule has 36 heavy (non-hydrogen) atoms. The number of hydrogen-bond acceptors (Lipinski definition) is 5. The second kappa shape index (κ2) is 9.73. The number of rotatable bonds is 9. The molecule has 3 aromatic heterocycles. The molecule has 8 nitrogen and oxygen atoms in total. The summed E-state index contributed by atoms with van der Waals surface area (Å²) in [6.45, 7) is 2.99. The third-order valence-electron chi connectivity index (χ3n) is 7.02. The standard InChI is InChI=1S/C27H28N4O4S/c1-27(9-13-31(27)24(32)16-20-18-36-22-6-3-2-5-21(20)22)26(35)30(11-4-7-25(33)34)17-19-8-12-29-14-10-28-23(29)15-19/h2-3,5-6,8,10,12,14-15,18H,4,7,9,11,13,16-17H2,1H3,(H,33,34). The number of carboxylic acid groups (broad SMARTS) is 1. The van der Waals surface area contributed by atoms with Crippen molar-refractivity contribution in [1.29, 1.82) is 0 Å². The number of carboxylic acids is 1. The Bertz CT molecular complexity index is 1440. The maximum Gasteiger partial charge on any atom is 0.303 e. The molecule has 0 bridgehead atoms. The lowest BCUT2D eigenvalue weighted by Crippen LogP contribution is -2.68. The molecule has 0 aliphatic carbocycles.